The van der Waals surface area contributed by atoms with Crippen molar-refractivity contribution in [1.82, 2.24) is 0 Å². The van der Waals surface area contributed by atoms with Crippen LogP contribution in [0.5, 0.6) is 0 Å². The Morgan fingerprint density at radius 2 is 1.63 bits per heavy atom. The van der Waals surface area contributed by atoms with Crippen LogP contribution in [0.1, 0.15) is 25.0 Å². The van der Waals surface area contributed by atoms with E-state index in [4.69, 9.17) is 0 Å². The topological polar surface area (TPSA) is 12.0 Å². The highest BCUT2D eigenvalue weighted by molar-refractivity contribution is 5.63. The van der Waals surface area contributed by atoms with E-state index in [1.165, 1.54) is 11.1 Å². The first kappa shape index (κ1) is 13.4. The van der Waals surface area contributed by atoms with Crippen LogP contribution >= 0.6 is 0 Å². The van der Waals surface area contributed by atoms with Crippen molar-refractivity contribution in [2.24, 2.45) is 0 Å². The third-order valence-electron chi connectivity index (χ3n) is 3.56. The zero-order valence-electron chi connectivity index (χ0n) is 11.9. The predicted molar refractivity (Wildman–Crippen MR) is 84.1 cm³/mol. The molecule has 2 rings (SSSR count). The van der Waals surface area contributed by atoms with Gasteiger partial charge in [0, 0.05) is 16.8 Å². The van der Waals surface area contributed by atoms with Crippen LogP contribution in [0, 0.1) is 6.92 Å². The standard InChI is InChI=1S/C18H21N/c1-5-18(3,4)15-10-12-16(13-11-15)19-17-9-7-6-8-14(17)2/h5-13,19H,1H2,2-4H3. The fourth-order valence-electron chi connectivity index (χ4n) is 1.97. The second kappa shape index (κ2) is 5.31. The van der Waals surface area contributed by atoms with Gasteiger partial charge in [-0.25, -0.2) is 0 Å². The first-order chi connectivity index (χ1) is 9.03. The molecule has 0 saturated carbocycles. The molecule has 0 saturated heterocycles. The minimum absolute atomic E-state index is 0.0151. The number of hydrogen-bond donors (Lipinski definition) is 1. The third-order valence-corrected chi connectivity index (χ3v) is 3.56. The maximum absolute atomic E-state index is 3.89. The maximum Gasteiger partial charge on any atom is 0.0413 e. The van der Waals surface area contributed by atoms with E-state index in [-0.39, 0.29) is 5.41 Å². The second-order valence-electron chi connectivity index (χ2n) is 5.44. The molecule has 0 aromatic heterocycles. The van der Waals surface area contributed by atoms with Gasteiger partial charge in [-0.15, -0.1) is 6.58 Å². The molecule has 1 heteroatoms. The summed E-state index contributed by atoms with van der Waals surface area (Å²) in [7, 11) is 0. The summed E-state index contributed by atoms with van der Waals surface area (Å²) in [5.74, 6) is 0. The van der Waals surface area contributed by atoms with Gasteiger partial charge in [0.1, 0.15) is 0 Å². The minimum atomic E-state index is 0.0151. The minimum Gasteiger partial charge on any atom is -0.355 e. The second-order valence-corrected chi connectivity index (χ2v) is 5.44. The molecule has 0 aliphatic heterocycles. The number of para-hydroxylation sites is 1. The summed E-state index contributed by atoms with van der Waals surface area (Å²) in [6, 6.07) is 16.8. The first-order valence-corrected chi connectivity index (χ1v) is 6.60. The number of allylic oxidation sites excluding steroid dienone is 1. The van der Waals surface area contributed by atoms with Crippen LogP contribution in [0.4, 0.5) is 11.4 Å². The summed E-state index contributed by atoms with van der Waals surface area (Å²) in [5, 5.41) is 3.44. The molecule has 0 amide bonds. The fourth-order valence-corrected chi connectivity index (χ4v) is 1.97. The summed E-state index contributed by atoms with van der Waals surface area (Å²) in [6.45, 7) is 10.3. The van der Waals surface area contributed by atoms with E-state index in [2.05, 4.69) is 75.1 Å². The van der Waals surface area contributed by atoms with Crippen molar-refractivity contribution < 1.29 is 0 Å². The normalized spacial score (nSPS) is 11.1. The maximum atomic E-state index is 3.89. The van der Waals surface area contributed by atoms with Crippen molar-refractivity contribution >= 4 is 11.4 Å². The number of aryl methyl sites for hydroxylation is 1. The highest BCUT2D eigenvalue weighted by atomic mass is 14.9. The monoisotopic (exact) mass is 251 g/mol. The summed E-state index contributed by atoms with van der Waals surface area (Å²) < 4.78 is 0. The zero-order valence-corrected chi connectivity index (χ0v) is 11.9. The average molecular weight is 251 g/mol. The molecule has 0 unspecified atom stereocenters. The highest BCUT2D eigenvalue weighted by Gasteiger charge is 2.15. The van der Waals surface area contributed by atoms with E-state index in [0.717, 1.165) is 11.4 Å². The van der Waals surface area contributed by atoms with Crippen molar-refractivity contribution in [3.63, 3.8) is 0 Å². The van der Waals surface area contributed by atoms with E-state index >= 15 is 0 Å². The number of hydrogen-bond acceptors (Lipinski definition) is 1. The molecule has 0 bridgehead atoms. The zero-order chi connectivity index (χ0) is 13.9. The summed E-state index contributed by atoms with van der Waals surface area (Å²) in [5.41, 5.74) is 4.80. The fraction of sp³-hybridized carbons (Fsp3) is 0.222. The molecule has 1 nitrogen and oxygen atoms in total. The average Bonchev–Trinajstić information content (AvgIpc) is 2.42. The van der Waals surface area contributed by atoms with Gasteiger partial charge < -0.3 is 5.32 Å². The van der Waals surface area contributed by atoms with E-state index in [1.807, 2.05) is 12.1 Å². The molecule has 98 valence electrons. The van der Waals surface area contributed by atoms with Crippen LogP contribution in [-0.4, -0.2) is 0 Å². The van der Waals surface area contributed by atoms with Crippen LogP contribution in [0.15, 0.2) is 61.2 Å². The van der Waals surface area contributed by atoms with Crippen LogP contribution in [-0.2, 0) is 5.41 Å². The third kappa shape index (κ3) is 3.05. The van der Waals surface area contributed by atoms with Crippen molar-refractivity contribution in [1.29, 1.82) is 0 Å². The molecule has 0 fully saturated rings. The Balaban J connectivity index is 2.20. The van der Waals surface area contributed by atoms with Gasteiger partial charge in [-0.3, -0.25) is 0 Å². The molecule has 0 heterocycles. The number of nitrogens with one attached hydrogen (secondary N) is 1. The summed E-state index contributed by atoms with van der Waals surface area (Å²) in [6.07, 6.45) is 1.98. The van der Waals surface area contributed by atoms with Crippen LogP contribution in [0.25, 0.3) is 0 Å². The summed E-state index contributed by atoms with van der Waals surface area (Å²) in [4.78, 5) is 0. The lowest BCUT2D eigenvalue weighted by Gasteiger charge is -2.20. The Bertz CT molecular complexity index is 564. The van der Waals surface area contributed by atoms with E-state index in [9.17, 15) is 0 Å². The highest BCUT2D eigenvalue weighted by Crippen LogP contribution is 2.27. The Labute approximate surface area is 116 Å². The molecular formula is C18H21N. The van der Waals surface area contributed by atoms with E-state index in [0.29, 0.717) is 0 Å². The van der Waals surface area contributed by atoms with Crippen LogP contribution in [0.3, 0.4) is 0 Å². The van der Waals surface area contributed by atoms with Gasteiger partial charge in [0.05, 0.1) is 0 Å². The van der Waals surface area contributed by atoms with Gasteiger partial charge in [-0.05, 0) is 36.2 Å². The van der Waals surface area contributed by atoms with E-state index < -0.39 is 0 Å². The Morgan fingerprint density at radius 1 is 1.00 bits per heavy atom. The van der Waals surface area contributed by atoms with Crippen molar-refractivity contribution in [3.8, 4) is 0 Å². The van der Waals surface area contributed by atoms with Gasteiger partial charge in [0.15, 0.2) is 0 Å². The Kier molecular flexibility index (Phi) is 3.75. The summed E-state index contributed by atoms with van der Waals surface area (Å²) >= 11 is 0. The van der Waals surface area contributed by atoms with Crippen LogP contribution in [0.2, 0.25) is 0 Å². The lowest BCUT2D eigenvalue weighted by Crippen LogP contribution is -2.12. The van der Waals surface area contributed by atoms with Crippen molar-refractivity contribution in [2.75, 3.05) is 5.32 Å². The molecule has 0 spiro atoms. The number of rotatable bonds is 4. The van der Waals surface area contributed by atoms with Gasteiger partial charge in [0.2, 0.25) is 0 Å². The number of benzene rings is 2. The molecule has 1 N–H and O–H groups in total. The smallest absolute Gasteiger partial charge is 0.0413 e. The van der Waals surface area contributed by atoms with Gasteiger partial charge >= 0.3 is 0 Å². The molecule has 0 aliphatic rings. The van der Waals surface area contributed by atoms with Crippen molar-refractivity contribution in [3.05, 3.63) is 72.3 Å². The molecule has 0 atom stereocenters. The molecule has 19 heavy (non-hydrogen) atoms. The first-order valence-electron chi connectivity index (χ1n) is 6.60. The lowest BCUT2D eigenvalue weighted by molar-refractivity contribution is 0.672. The molecular weight excluding hydrogens is 230 g/mol. The Morgan fingerprint density at radius 3 is 2.21 bits per heavy atom. The van der Waals surface area contributed by atoms with Gasteiger partial charge in [0.25, 0.3) is 0 Å². The molecule has 2 aromatic rings. The van der Waals surface area contributed by atoms with Crippen LogP contribution < -0.4 is 5.32 Å². The van der Waals surface area contributed by atoms with Crippen molar-refractivity contribution in [2.45, 2.75) is 26.2 Å². The quantitative estimate of drug-likeness (QED) is 0.736. The largest absolute Gasteiger partial charge is 0.355 e. The van der Waals surface area contributed by atoms with Gasteiger partial charge in [-0.2, -0.15) is 0 Å². The molecule has 2 aromatic carbocycles. The SMILES string of the molecule is C=CC(C)(C)c1ccc(Nc2ccccc2C)cc1. The Hall–Kier alpha value is -2.02. The predicted octanol–water partition coefficient (Wildman–Crippen LogP) is 5.20. The van der Waals surface area contributed by atoms with Gasteiger partial charge in [-0.1, -0.05) is 50.3 Å². The molecule has 0 radical (unpaired) electrons. The lowest BCUT2D eigenvalue weighted by atomic mass is 9.85. The molecule has 0 aliphatic carbocycles. The van der Waals surface area contributed by atoms with E-state index in [1.54, 1.807) is 0 Å². The number of anilines is 2.